The van der Waals surface area contributed by atoms with E-state index in [9.17, 15) is 0 Å². The van der Waals surface area contributed by atoms with Crippen molar-refractivity contribution in [1.29, 1.82) is 0 Å². The minimum atomic E-state index is 0.00273. The van der Waals surface area contributed by atoms with Crippen LogP contribution in [0.5, 0.6) is 0 Å². The van der Waals surface area contributed by atoms with Crippen molar-refractivity contribution in [3.63, 3.8) is 0 Å². The largest absolute Gasteiger partial charge is 0.256 e. The number of rotatable bonds is 4. The lowest BCUT2D eigenvalue weighted by Crippen LogP contribution is -2.21. The summed E-state index contributed by atoms with van der Waals surface area (Å²) < 4.78 is 0. The summed E-state index contributed by atoms with van der Waals surface area (Å²) in [6.45, 7) is 23.2. The zero-order valence-corrected chi connectivity index (χ0v) is 23.5. The van der Waals surface area contributed by atoms with E-state index in [1.165, 1.54) is 44.0 Å². The van der Waals surface area contributed by atoms with E-state index in [0.717, 1.165) is 11.9 Å². The van der Waals surface area contributed by atoms with Crippen molar-refractivity contribution in [3.8, 4) is 0 Å². The molecule has 0 saturated heterocycles. The molecule has 0 radical (unpaired) electrons. The monoisotopic (exact) mass is 465 g/mol. The first kappa shape index (κ1) is 25.4. The van der Waals surface area contributed by atoms with E-state index in [4.69, 9.17) is 0 Å². The molecule has 0 amide bonds. The van der Waals surface area contributed by atoms with Crippen molar-refractivity contribution in [2.24, 2.45) is 0 Å². The van der Waals surface area contributed by atoms with E-state index in [1.54, 1.807) is 0 Å². The summed E-state index contributed by atoms with van der Waals surface area (Å²) in [5, 5.41) is 4.03. The number of aromatic nitrogens is 1. The highest BCUT2D eigenvalue weighted by Gasteiger charge is 2.25. The van der Waals surface area contributed by atoms with Gasteiger partial charge in [-0.05, 0) is 85.4 Å². The molecule has 0 fully saturated rings. The molecule has 0 spiro atoms. The van der Waals surface area contributed by atoms with Crippen LogP contribution in [0.1, 0.15) is 103 Å². The van der Waals surface area contributed by atoms with Gasteiger partial charge >= 0.3 is 0 Å². The first-order valence-electron chi connectivity index (χ1n) is 13.1. The van der Waals surface area contributed by atoms with E-state index in [0.29, 0.717) is 5.92 Å². The molecular formula is C34H43N. The van der Waals surface area contributed by atoms with Crippen LogP contribution in [-0.4, -0.2) is 4.98 Å². The molecule has 3 aromatic carbocycles. The van der Waals surface area contributed by atoms with Gasteiger partial charge in [0.15, 0.2) is 0 Å². The Kier molecular flexibility index (Phi) is 6.37. The molecule has 1 nitrogen and oxygen atoms in total. The topological polar surface area (TPSA) is 12.9 Å². The van der Waals surface area contributed by atoms with Crippen LogP contribution < -0.4 is 0 Å². The maximum Gasteiger partial charge on any atom is 0.0705 e. The Balaban J connectivity index is 1.82. The summed E-state index contributed by atoms with van der Waals surface area (Å²) in [5.74, 6) is 0.478. The molecule has 0 aliphatic rings. The predicted octanol–water partition coefficient (Wildman–Crippen LogP) is 9.63. The van der Waals surface area contributed by atoms with Gasteiger partial charge in [-0.2, -0.15) is 0 Å². The highest BCUT2D eigenvalue weighted by atomic mass is 14.6. The highest BCUT2D eigenvalue weighted by Crippen LogP contribution is 2.37. The fourth-order valence-electron chi connectivity index (χ4n) is 5.33. The third-order valence-corrected chi connectivity index (χ3v) is 7.51. The lowest BCUT2D eigenvalue weighted by molar-refractivity contribution is 0.521. The van der Waals surface area contributed by atoms with Gasteiger partial charge in [-0.3, -0.25) is 4.98 Å². The molecule has 0 unspecified atom stereocenters. The van der Waals surface area contributed by atoms with E-state index >= 15 is 0 Å². The van der Waals surface area contributed by atoms with Crippen LogP contribution >= 0.6 is 0 Å². The Bertz CT molecular complexity index is 1370. The Morgan fingerprint density at radius 1 is 0.686 bits per heavy atom. The number of benzene rings is 3. The van der Waals surface area contributed by atoms with Crippen LogP contribution in [0.3, 0.4) is 0 Å². The molecule has 4 aromatic rings. The first-order valence-corrected chi connectivity index (χ1v) is 13.1. The Morgan fingerprint density at radius 2 is 1.37 bits per heavy atom. The molecule has 35 heavy (non-hydrogen) atoms. The van der Waals surface area contributed by atoms with Crippen molar-refractivity contribution < 1.29 is 0 Å². The molecule has 0 N–H and O–H groups in total. The van der Waals surface area contributed by atoms with Crippen molar-refractivity contribution in [2.45, 2.75) is 97.8 Å². The molecule has 0 bridgehead atoms. The molecule has 0 aliphatic carbocycles. The molecule has 4 rings (SSSR count). The molecule has 0 saturated carbocycles. The van der Waals surface area contributed by atoms with Gasteiger partial charge in [-0.25, -0.2) is 0 Å². The molecular weight excluding hydrogens is 422 g/mol. The molecule has 0 aliphatic heterocycles. The summed E-state index contributed by atoms with van der Waals surface area (Å²) in [6, 6.07) is 21.0. The van der Waals surface area contributed by atoms with Gasteiger partial charge in [-0.15, -0.1) is 0 Å². The average molecular weight is 466 g/mol. The van der Waals surface area contributed by atoms with Crippen molar-refractivity contribution in [2.75, 3.05) is 0 Å². The maximum atomic E-state index is 4.63. The lowest BCUT2D eigenvalue weighted by atomic mass is 9.75. The Morgan fingerprint density at radius 3 is 2.00 bits per heavy atom. The van der Waals surface area contributed by atoms with Crippen LogP contribution in [0.2, 0.25) is 0 Å². The quantitative estimate of drug-likeness (QED) is 0.292. The molecule has 1 heteroatoms. The first-order chi connectivity index (χ1) is 16.2. The average Bonchev–Trinajstić information content (AvgIpc) is 2.75. The van der Waals surface area contributed by atoms with Crippen molar-refractivity contribution >= 4 is 21.7 Å². The number of hydrogen-bond donors (Lipinski definition) is 0. The highest BCUT2D eigenvalue weighted by molar-refractivity contribution is 5.88. The summed E-state index contributed by atoms with van der Waals surface area (Å²) in [7, 11) is 0. The molecule has 0 atom stereocenters. The third kappa shape index (κ3) is 5.15. The molecule has 1 aromatic heterocycles. The second-order valence-electron chi connectivity index (χ2n) is 13.4. The van der Waals surface area contributed by atoms with E-state index in [-0.39, 0.29) is 16.2 Å². The fraction of sp³-hybridized carbons (Fsp3) is 0.441. The zero-order chi connectivity index (χ0) is 25.8. The fourth-order valence-corrected chi connectivity index (χ4v) is 5.33. The van der Waals surface area contributed by atoms with Crippen LogP contribution in [0.15, 0.2) is 60.8 Å². The molecule has 184 valence electrons. The van der Waals surface area contributed by atoms with Crippen molar-refractivity contribution in [3.05, 3.63) is 88.6 Å². The Hall–Kier alpha value is -2.67. The van der Waals surface area contributed by atoms with E-state index in [2.05, 4.69) is 129 Å². The van der Waals surface area contributed by atoms with Crippen LogP contribution in [0.25, 0.3) is 21.7 Å². The standard InChI is InChI=1S/C34H43N/c1-22(2)27-15-16-35-31-14-12-26(20-29(27)31)34(9,10)21-23-17-24-19-25(32(3,4)5)11-13-28(24)30(18-23)33(6,7)8/h11-20,22H,21H2,1-10H3. The predicted molar refractivity (Wildman–Crippen MR) is 154 cm³/mol. The van der Waals surface area contributed by atoms with Gasteiger partial charge < -0.3 is 0 Å². The SMILES string of the molecule is CC(C)c1ccnc2ccc(C(C)(C)Cc3cc(C(C)(C)C)c4ccc(C(C)(C)C)cc4c3)cc12. The van der Waals surface area contributed by atoms with Gasteiger partial charge in [0.2, 0.25) is 0 Å². The number of hydrogen-bond acceptors (Lipinski definition) is 1. The lowest BCUT2D eigenvalue weighted by Gasteiger charge is -2.29. The van der Waals surface area contributed by atoms with Crippen molar-refractivity contribution in [1.82, 2.24) is 4.98 Å². The third-order valence-electron chi connectivity index (χ3n) is 7.51. The Labute approximate surface area is 213 Å². The summed E-state index contributed by atoms with van der Waals surface area (Å²) in [5.41, 5.74) is 8.31. The second kappa shape index (κ2) is 8.77. The molecule has 1 heterocycles. The van der Waals surface area contributed by atoms with Gasteiger partial charge in [-0.1, -0.05) is 106 Å². The summed E-state index contributed by atoms with van der Waals surface area (Å²) in [6.07, 6.45) is 2.94. The number of pyridine rings is 1. The van der Waals surface area contributed by atoms with E-state index in [1.807, 2.05) is 6.20 Å². The van der Waals surface area contributed by atoms with Gasteiger partial charge in [0.25, 0.3) is 0 Å². The van der Waals surface area contributed by atoms with Gasteiger partial charge in [0.1, 0.15) is 0 Å². The number of fused-ring (bicyclic) bond motifs is 2. The van der Waals surface area contributed by atoms with Crippen LogP contribution in [0.4, 0.5) is 0 Å². The van der Waals surface area contributed by atoms with Gasteiger partial charge in [0, 0.05) is 11.6 Å². The maximum absolute atomic E-state index is 4.63. The minimum Gasteiger partial charge on any atom is -0.256 e. The summed E-state index contributed by atoms with van der Waals surface area (Å²) in [4.78, 5) is 4.63. The van der Waals surface area contributed by atoms with Crippen LogP contribution in [-0.2, 0) is 22.7 Å². The second-order valence-corrected chi connectivity index (χ2v) is 13.4. The van der Waals surface area contributed by atoms with Crippen LogP contribution in [0, 0.1) is 0 Å². The zero-order valence-electron chi connectivity index (χ0n) is 23.5. The normalized spacial score (nSPS) is 13.2. The smallest absolute Gasteiger partial charge is 0.0705 e. The van der Waals surface area contributed by atoms with E-state index < -0.39 is 0 Å². The van der Waals surface area contributed by atoms with Gasteiger partial charge in [0.05, 0.1) is 5.52 Å². The number of nitrogens with zero attached hydrogens (tertiary/aromatic N) is 1. The summed E-state index contributed by atoms with van der Waals surface area (Å²) >= 11 is 0. The minimum absolute atomic E-state index is 0.00273.